The van der Waals surface area contributed by atoms with Gasteiger partial charge >= 0.3 is 0 Å². The van der Waals surface area contributed by atoms with E-state index in [2.05, 4.69) is 26.1 Å². The van der Waals surface area contributed by atoms with Gasteiger partial charge in [0.25, 0.3) is 0 Å². The maximum absolute atomic E-state index is 9.89. The average molecular weight is 314 g/mol. The standard InChI is InChI=1S/C17H28ClNO2/c1-13(2)5-4-10-21-12-17(20)11-19-14(3)15-6-8-16(18)9-7-15/h6-9,13-14,17,19-20H,4-5,10-12H2,1-3H3/t14-,17?/m1/s1. The van der Waals surface area contributed by atoms with Crippen molar-refractivity contribution in [2.75, 3.05) is 19.8 Å². The lowest BCUT2D eigenvalue weighted by atomic mass is 10.1. The number of ether oxygens (including phenoxy) is 1. The first-order valence-electron chi connectivity index (χ1n) is 7.73. The maximum Gasteiger partial charge on any atom is 0.0897 e. The summed E-state index contributed by atoms with van der Waals surface area (Å²) in [4.78, 5) is 0. The first kappa shape index (κ1) is 18.4. The molecule has 0 amide bonds. The molecule has 1 unspecified atom stereocenters. The summed E-state index contributed by atoms with van der Waals surface area (Å²) in [6.07, 6.45) is 1.75. The molecule has 1 aromatic rings. The molecule has 120 valence electrons. The van der Waals surface area contributed by atoms with E-state index in [4.69, 9.17) is 16.3 Å². The number of aliphatic hydroxyl groups excluding tert-OH is 1. The summed E-state index contributed by atoms with van der Waals surface area (Å²) in [5, 5.41) is 13.9. The summed E-state index contributed by atoms with van der Waals surface area (Å²) in [5.74, 6) is 0.709. The summed E-state index contributed by atoms with van der Waals surface area (Å²) in [6, 6.07) is 7.92. The van der Waals surface area contributed by atoms with Gasteiger partial charge in [0, 0.05) is 24.2 Å². The Balaban J connectivity index is 2.14. The lowest BCUT2D eigenvalue weighted by Gasteiger charge is -2.18. The van der Waals surface area contributed by atoms with Crippen LogP contribution in [-0.4, -0.2) is 31.0 Å². The zero-order valence-electron chi connectivity index (χ0n) is 13.3. The van der Waals surface area contributed by atoms with Crippen LogP contribution in [0.5, 0.6) is 0 Å². The second-order valence-electron chi connectivity index (χ2n) is 5.95. The van der Waals surface area contributed by atoms with Crippen molar-refractivity contribution in [1.29, 1.82) is 0 Å². The van der Waals surface area contributed by atoms with Gasteiger partial charge in [0.2, 0.25) is 0 Å². The fraction of sp³-hybridized carbons (Fsp3) is 0.647. The van der Waals surface area contributed by atoms with Crippen LogP contribution in [0.4, 0.5) is 0 Å². The largest absolute Gasteiger partial charge is 0.389 e. The highest BCUT2D eigenvalue weighted by atomic mass is 35.5. The van der Waals surface area contributed by atoms with E-state index in [0.29, 0.717) is 19.1 Å². The first-order chi connectivity index (χ1) is 9.99. The predicted molar refractivity (Wildman–Crippen MR) is 88.8 cm³/mol. The maximum atomic E-state index is 9.89. The van der Waals surface area contributed by atoms with E-state index in [9.17, 15) is 5.11 Å². The molecule has 0 saturated heterocycles. The molecule has 1 aromatic carbocycles. The molecule has 0 aliphatic heterocycles. The minimum atomic E-state index is -0.473. The number of hydrogen-bond donors (Lipinski definition) is 2. The fourth-order valence-electron chi connectivity index (χ4n) is 2.05. The van der Waals surface area contributed by atoms with Gasteiger partial charge in [0.15, 0.2) is 0 Å². The topological polar surface area (TPSA) is 41.5 Å². The molecule has 3 nitrogen and oxygen atoms in total. The van der Waals surface area contributed by atoms with E-state index in [1.165, 1.54) is 6.42 Å². The molecule has 0 aliphatic rings. The Morgan fingerprint density at radius 1 is 1.19 bits per heavy atom. The quantitative estimate of drug-likeness (QED) is 0.645. The summed E-state index contributed by atoms with van der Waals surface area (Å²) >= 11 is 5.87. The smallest absolute Gasteiger partial charge is 0.0897 e. The summed E-state index contributed by atoms with van der Waals surface area (Å²) in [6.45, 7) is 8.11. The molecular weight excluding hydrogens is 286 g/mol. The van der Waals surface area contributed by atoms with Crippen LogP contribution in [0.1, 0.15) is 45.2 Å². The summed E-state index contributed by atoms with van der Waals surface area (Å²) in [7, 11) is 0. The van der Waals surface area contributed by atoms with E-state index in [1.807, 2.05) is 24.3 Å². The van der Waals surface area contributed by atoms with Crippen LogP contribution < -0.4 is 5.32 Å². The molecule has 0 heterocycles. The van der Waals surface area contributed by atoms with Gasteiger partial charge in [-0.3, -0.25) is 0 Å². The van der Waals surface area contributed by atoms with Crippen LogP contribution in [0.25, 0.3) is 0 Å². The van der Waals surface area contributed by atoms with Crippen LogP contribution in [0.3, 0.4) is 0 Å². The van der Waals surface area contributed by atoms with Crippen molar-refractivity contribution in [1.82, 2.24) is 5.32 Å². The lowest BCUT2D eigenvalue weighted by Crippen LogP contribution is -2.32. The number of halogens is 1. The van der Waals surface area contributed by atoms with Crippen molar-refractivity contribution in [3.63, 3.8) is 0 Å². The molecule has 0 radical (unpaired) electrons. The molecule has 2 atom stereocenters. The molecule has 0 fully saturated rings. The van der Waals surface area contributed by atoms with Gasteiger partial charge in [-0.25, -0.2) is 0 Å². The Morgan fingerprint density at radius 2 is 1.86 bits per heavy atom. The van der Waals surface area contributed by atoms with E-state index in [0.717, 1.165) is 23.6 Å². The average Bonchev–Trinajstić information content (AvgIpc) is 2.44. The Kier molecular flexibility index (Phi) is 8.93. The van der Waals surface area contributed by atoms with Gasteiger partial charge in [-0.15, -0.1) is 0 Å². The number of rotatable bonds is 10. The van der Waals surface area contributed by atoms with E-state index >= 15 is 0 Å². The number of nitrogens with one attached hydrogen (secondary N) is 1. The summed E-state index contributed by atoms with van der Waals surface area (Å²) in [5.41, 5.74) is 1.16. The Bertz CT molecular complexity index is 381. The molecule has 0 bridgehead atoms. The molecule has 1 rings (SSSR count). The van der Waals surface area contributed by atoms with Crippen molar-refractivity contribution in [2.45, 2.75) is 45.8 Å². The van der Waals surface area contributed by atoms with Crippen LogP contribution >= 0.6 is 11.6 Å². The molecule has 4 heteroatoms. The molecule has 2 N–H and O–H groups in total. The number of aliphatic hydroxyl groups is 1. The normalized spacial score (nSPS) is 14.4. The fourth-order valence-corrected chi connectivity index (χ4v) is 2.18. The highest BCUT2D eigenvalue weighted by Gasteiger charge is 2.09. The van der Waals surface area contributed by atoms with Crippen LogP contribution in [0, 0.1) is 5.92 Å². The van der Waals surface area contributed by atoms with Crippen molar-refractivity contribution in [3.05, 3.63) is 34.9 Å². The molecule has 21 heavy (non-hydrogen) atoms. The zero-order valence-corrected chi connectivity index (χ0v) is 14.1. The Labute approximate surface area is 133 Å². The van der Waals surface area contributed by atoms with E-state index in [1.54, 1.807) is 0 Å². The molecule has 0 aromatic heterocycles. The third-order valence-corrected chi connectivity index (χ3v) is 3.66. The SMILES string of the molecule is CC(C)CCCOCC(O)CN[C@H](C)c1ccc(Cl)cc1. The minimum absolute atomic E-state index is 0.179. The highest BCUT2D eigenvalue weighted by molar-refractivity contribution is 6.30. The second-order valence-corrected chi connectivity index (χ2v) is 6.38. The predicted octanol–water partition coefficient (Wildman–Crippen LogP) is 3.80. The van der Waals surface area contributed by atoms with Gasteiger partial charge in [0.05, 0.1) is 12.7 Å². The highest BCUT2D eigenvalue weighted by Crippen LogP contribution is 2.15. The monoisotopic (exact) mass is 313 g/mol. The first-order valence-corrected chi connectivity index (χ1v) is 8.11. The van der Waals surface area contributed by atoms with Gasteiger partial charge in [-0.2, -0.15) is 0 Å². The molecule has 0 spiro atoms. The zero-order chi connectivity index (χ0) is 15.7. The molecular formula is C17H28ClNO2. The molecule has 0 saturated carbocycles. The van der Waals surface area contributed by atoms with E-state index in [-0.39, 0.29) is 6.04 Å². The van der Waals surface area contributed by atoms with Crippen molar-refractivity contribution < 1.29 is 9.84 Å². The van der Waals surface area contributed by atoms with Gasteiger partial charge in [-0.1, -0.05) is 37.6 Å². The number of hydrogen-bond acceptors (Lipinski definition) is 3. The van der Waals surface area contributed by atoms with Crippen LogP contribution in [0.2, 0.25) is 5.02 Å². The van der Waals surface area contributed by atoms with Crippen molar-refractivity contribution in [2.24, 2.45) is 5.92 Å². The van der Waals surface area contributed by atoms with Gasteiger partial charge in [0.1, 0.15) is 0 Å². The third kappa shape index (κ3) is 8.42. The number of benzene rings is 1. The molecule has 0 aliphatic carbocycles. The van der Waals surface area contributed by atoms with Crippen LogP contribution in [-0.2, 0) is 4.74 Å². The Morgan fingerprint density at radius 3 is 2.48 bits per heavy atom. The van der Waals surface area contributed by atoms with Crippen LogP contribution in [0.15, 0.2) is 24.3 Å². The lowest BCUT2D eigenvalue weighted by molar-refractivity contribution is 0.0337. The van der Waals surface area contributed by atoms with Crippen molar-refractivity contribution >= 4 is 11.6 Å². The van der Waals surface area contributed by atoms with Gasteiger partial charge in [-0.05, 0) is 43.4 Å². The Hall–Kier alpha value is -0.610. The minimum Gasteiger partial charge on any atom is -0.389 e. The summed E-state index contributed by atoms with van der Waals surface area (Å²) < 4.78 is 5.49. The third-order valence-electron chi connectivity index (χ3n) is 3.41. The van der Waals surface area contributed by atoms with Gasteiger partial charge < -0.3 is 15.2 Å². The second kappa shape index (κ2) is 10.2. The van der Waals surface area contributed by atoms with E-state index < -0.39 is 6.10 Å². The van der Waals surface area contributed by atoms with Crippen molar-refractivity contribution in [3.8, 4) is 0 Å².